The highest BCUT2D eigenvalue weighted by Gasteiger charge is 2.25. The number of hydrogen-bond acceptors (Lipinski definition) is 9. The summed E-state index contributed by atoms with van der Waals surface area (Å²) in [6.07, 6.45) is 1.71. The minimum absolute atomic E-state index is 0.270. The van der Waals surface area contributed by atoms with Gasteiger partial charge in [0.05, 0.1) is 85.9 Å². The lowest BCUT2D eigenvalue weighted by Gasteiger charge is -2.29. The third-order valence-corrected chi connectivity index (χ3v) is 3.68. The molecule has 0 aliphatic rings. The van der Waals surface area contributed by atoms with Gasteiger partial charge in [-0.05, 0) is 5.53 Å². The number of methoxy groups -OCH3 is 1. The van der Waals surface area contributed by atoms with Crippen LogP contribution in [0.15, 0.2) is 17.8 Å². The van der Waals surface area contributed by atoms with Crippen molar-refractivity contribution in [2.45, 2.75) is 6.92 Å². The van der Waals surface area contributed by atoms with Gasteiger partial charge in [-0.2, -0.15) is 0 Å². The molecule has 0 fully saturated rings. The lowest BCUT2D eigenvalue weighted by molar-refractivity contribution is -0.0743. The first kappa shape index (κ1) is 29.7. The quantitative estimate of drug-likeness (QED) is 0.0519. The van der Waals surface area contributed by atoms with Crippen molar-refractivity contribution in [2.24, 2.45) is 10.5 Å². The van der Waals surface area contributed by atoms with E-state index in [0.717, 1.165) is 0 Å². The maximum atomic E-state index is 8.20. The molecule has 31 heavy (non-hydrogen) atoms. The Morgan fingerprint density at radius 2 is 1.26 bits per heavy atom. The number of nitrogens with zero attached hydrogens (tertiary/aromatic N) is 3. The molecule has 0 radical (unpaired) electrons. The van der Waals surface area contributed by atoms with Crippen LogP contribution in [-0.2, 0) is 37.9 Å². The molecule has 0 aromatic heterocycles. The molecule has 0 aliphatic carbocycles. The van der Waals surface area contributed by atoms with E-state index in [2.05, 4.69) is 16.6 Å². The second-order valence-corrected chi connectivity index (χ2v) is 6.83. The lowest BCUT2D eigenvalue weighted by Crippen LogP contribution is -2.35. The molecule has 1 unspecified atom stereocenters. The van der Waals surface area contributed by atoms with Gasteiger partial charge in [0.25, 0.3) is 0 Å². The van der Waals surface area contributed by atoms with Crippen LogP contribution >= 0.6 is 0 Å². The van der Waals surface area contributed by atoms with Gasteiger partial charge in [-0.25, -0.2) is 0 Å². The average Bonchev–Trinajstić information content (AvgIpc) is 2.76. The van der Waals surface area contributed by atoms with Gasteiger partial charge in [0.1, 0.15) is 6.79 Å². The SMILES string of the molecule is C=CCOCC(C)(COCCOCCN=[N+]=[N-])COCCOCCOCCOCOC. The molecule has 0 bridgehead atoms. The minimum Gasteiger partial charge on any atom is -0.379 e. The third kappa shape index (κ3) is 21.7. The van der Waals surface area contributed by atoms with Gasteiger partial charge < -0.3 is 37.9 Å². The van der Waals surface area contributed by atoms with Gasteiger partial charge in [-0.15, -0.1) is 6.58 Å². The highest BCUT2D eigenvalue weighted by molar-refractivity contribution is 4.75. The predicted octanol–water partition coefficient (Wildman–Crippen LogP) is 2.21. The van der Waals surface area contributed by atoms with Gasteiger partial charge in [0.15, 0.2) is 0 Å². The van der Waals surface area contributed by atoms with Crippen LogP contribution in [0, 0.1) is 5.41 Å². The molecule has 11 heteroatoms. The van der Waals surface area contributed by atoms with Crippen LogP contribution in [-0.4, -0.2) is 106 Å². The van der Waals surface area contributed by atoms with Crippen molar-refractivity contribution < 1.29 is 37.9 Å². The summed E-state index contributed by atoms with van der Waals surface area (Å²) >= 11 is 0. The first-order valence-electron chi connectivity index (χ1n) is 10.3. The molecule has 0 N–H and O–H groups in total. The van der Waals surface area contributed by atoms with Gasteiger partial charge in [0, 0.05) is 24.0 Å². The summed E-state index contributed by atoms with van der Waals surface area (Å²) in [6.45, 7) is 12.4. The standard InChI is InChI=1S/C20H39N3O8/c1-4-6-28-16-20(2,17-29-13-10-25-7-5-22-23-21)18-30-14-11-26-8-9-27-12-15-31-19-24-3/h4H,1,5-19H2,2-3H3. The van der Waals surface area contributed by atoms with E-state index in [0.29, 0.717) is 92.4 Å². The van der Waals surface area contributed by atoms with Crippen LogP contribution < -0.4 is 0 Å². The molecular formula is C20H39N3O8. The minimum atomic E-state index is -0.306. The molecule has 0 heterocycles. The van der Waals surface area contributed by atoms with Crippen molar-refractivity contribution >= 4 is 0 Å². The number of azide groups is 1. The Morgan fingerprint density at radius 1 is 0.774 bits per heavy atom. The Balaban J connectivity index is 3.82. The van der Waals surface area contributed by atoms with Crippen molar-refractivity contribution in [2.75, 3.05) is 106 Å². The predicted molar refractivity (Wildman–Crippen MR) is 115 cm³/mol. The van der Waals surface area contributed by atoms with Crippen molar-refractivity contribution in [1.82, 2.24) is 0 Å². The molecule has 0 saturated carbocycles. The average molecular weight is 450 g/mol. The zero-order valence-corrected chi connectivity index (χ0v) is 19.0. The van der Waals surface area contributed by atoms with E-state index in [1.165, 1.54) is 0 Å². The Kier molecular flexibility index (Phi) is 22.4. The second-order valence-electron chi connectivity index (χ2n) is 6.83. The summed E-state index contributed by atoms with van der Waals surface area (Å²) in [7, 11) is 1.58. The molecule has 11 nitrogen and oxygen atoms in total. The molecule has 0 aliphatic heterocycles. The Morgan fingerprint density at radius 3 is 1.77 bits per heavy atom. The fourth-order valence-corrected chi connectivity index (χ4v) is 2.22. The molecule has 182 valence electrons. The summed E-state index contributed by atoms with van der Waals surface area (Å²) in [5.74, 6) is 0. The fraction of sp³-hybridized carbons (Fsp3) is 0.900. The number of rotatable bonds is 25. The van der Waals surface area contributed by atoms with Gasteiger partial charge in [-0.3, -0.25) is 0 Å². The summed E-state index contributed by atoms with van der Waals surface area (Å²) in [4.78, 5) is 2.67. The normalized spacial score (nSPS) is 13.0. The maximum Gasteiger partial charge on any atom is 0.146 e. The second kappa shape index (κ2) is 23.4. The van der Waals surface area contributed by atoms with Crippen LogP contribution in [0.4, 0.5) is 0 Å². The van der Waals surface area contributed by atoms with Gasteiger partial charge in [-0.1, -0.05) is 18.1 Å². The summed E-state index contributed by atoms with van der Waals surface area (Å²) in [5, 5.41) is 3.40. The monoisotopic (exact) mass is 449 g/mol. The molecule has 0 saturated heterocycles. The Bertz CT molecular complexity index is 452. The first-order chi connectivity index (χ1) is 15.2. The van der Waals surface area contributed by atoms with Crippen molar-refractivity contribution in [3.63, 3.8) is 0 Å². The van der Waals surface area contributed by atoms with E-state index < -0.39 is 0 Å². The van der Waals surface area contributed by atoms with E-state index in [-0.39, 0.29) is 12.2 Å². The molecule has 0 aromatic rings. The Labute approximate surface area is 185 Å². The molecule has 1 atom stereocenters. The van der Waals surface area contributed by atoms with Gasteiger partial charge >= 0.3 is 0 Å². The summed E-state index contributed by atoms with van der Waals surface area (Å²) in [6, 6.07) is 0. The van der Waals surface area contributed by atoms with E-state index in [4.69, 9.17) is 43.4 Å². The van der Waals surface area contributed by atoms with Crippen molar-refractivity contribution in [1.29, 1.82) is 0 Å². The number of hydrogen-bond donors (Lipinski definition) is 0. The highest BCUT2D eigenvalue weighted by Crippen LogP contribution is 2.18. The van der Waals surface area contributed by atoms with E-state index in [1.54, 1.807) is 13.2 Å². The van der Waals surface area contributed by atoms with Crippen LogP contribution in [0.2, 0.25) is 0 Å². The van der Waals surface area contributed by atoms with Crippen LogP contribution in [0.5, 0.6) is 0 Å². The third-order valence-electron chi connectivity index (χ3n) is 3.68. The molecular weight excluding hydrogens is 410 g/mol. The largest absolute Gasteiger partial charge is 0.379 e. The lowest BCUT2D eigenvalue weighted by atomic mass is 9.94. The molecule has 0 aromatic carbocycles. The van der Waals surface area contributed by atoms with E-state index in [1.807, 2.05) is 6.92 Å². The zero-order valence-electron chi connectivity index (χ0n) is 19.0. The highest BCUT2D eigenvalue weighted by atomic mass is 16.7. The van der Waals surface area contributed by atoms with E-state index >= 15 is 0 Å². The van der Waals surface area contributed by atoms with Crippen LogP contribution in [0.3, 0.4) is 0 Å². The van der Waals surface area contributed by atoms with Crippen molar-refractivity contribution in [3.8, 4) is 0 Å². The summed E-state index contributed by atoms with van der Waals surface area (Å²) in [5.41, 5.74) is 7.89. The molecule has 0 spiro atoms. The fourth-order valence-electron chi connectivity index (χ4n) is 2.22. The van der Waals surface area contributed by atoms with Gasteiger partial charge in [0.2, 0.25) is 0 Å². The topological polar surface area (TPSA) is 123 Å². The maximum absolute atomic E-state index is 8.20. The van der Waals surface area contributed by atoms with Crippen LogP contribution in [0.25, 0.3) is 10.4 Å². The summed E-state index contributed by atoms with van der Waals surface area (Å²) < 4.78 is 43.1. The number of ether oxygens (including phenoxy) is 8. The Hall–Kier alpha value is -1.27. The zero-order chi connectivity index (χ0) is 22.9. The van der Waals surface area contributed by atoms with Crippen LogP contribution in [0.1, 0.15) is 6.92 Å². The molecule has 0 amide bonds. The molecule has 0 rings (SSSR count). The smallest absolute Gasteiger partial charge is 0.146 e. The first-order valence-corrected chi connectivity index (χ1v) is 10.3. The van der Waals surface area contributed by atoms with Crippen molar-refractivity contribution in [3.05, 3.63) is 23.1 Å². The van der Waals surface area contributed by atoms with E-state index in [9.17, 15) is 0 Å².